The Morgan fingerprint density at radius 3 is 3.04 bits per heavy atom. The lowest BCUT2D eigenvalue weighted by molar-refractivity contribution is -0.119. The summed E-state index contributed by atoms with van der Waals surface area (Å²) in [7, 11) is 0. The van der Waals surface area contributed by atoms with Gasteiger partial charge < -0.3 is 11.1 Å². The van der Waals surface area contributed by atoms with Crippen LogP contribution in [0.3, 0.4) is 0 Å². The molecule has 1 aromatic heterocycles. The predicted octanol–water partition coefficient (Wildman–Crippen LogP) is 3.13. The first kappa shape index (κ1) is 17.7. The van der Waals surface area contributed by atoms with Crippen molar-refractivity contribution in [3.8, 4) is 10.4 Å². The first-order valence-electron chi connectivity index (χ1n) is 8.43. The Kier molecular flexibility index (Phi) is 5.11. The van der Waals surface area contributed by atoms with Gasteiger partial charge in [-0.05, 0) is 35.9 Å². The number of nitrogens with one attached hydrogen (secondary N) is 1. The van der Waals surface area contributed by atoms with E-state index in [1.807, 2.05) is 30.0 Å². The summed E-state index contributed by atoms with van der Waals surface area (Å²) in [4.78, 5) is 13.7. The van der Waals surface area contributed by atoms with Crippen LogP contribution in [0.2, 0.25) is 5.02 Å². The maximum absolute atomic E-state index is 11.4. The number of hydrogen-bond donors (Lipinski definition) is 2. The highest BCUT2D eigenvalue weighted by molar-refractivity contribution is 7.99. The van der Waals surface area contributed by atoms with Gasteiger partial charge in [0.1, 0.15) is 6.54 Å². The second kappa shape index (κ2) is 7.50. The molecule has 26 heavy (non-hydrogen) atoms. The SMILES string of the molecule is NC(=O)CN1Cc2sc(-c3cccc(Cl)c3)cc2C(NC2CCSC2)=N1. The summed E-state index contributed by atoms with van der Waals surface area (Å²) in [6.07, 6.45) is 1.13. The Bertz CT molecular complexity index is 861. The van der Waals surface area contributed by atoms with Gasteiger partial charge in [0.15, 0.2) is 5.84 Å². The van der Waals surface area contributed by atoms with E-state index in [0.29, 0.717) is 12.6 Å². The number of halogens is 1. The highest BCUT2D eigenvalue weighted by atomic mass is 35.5. The predicted molar refractivity (Wildman–Crippen MR) is 110 cm³/mol. The van der Waals surface area contributed by atoms with Crippen molar-refractivity contribution in [3.63, 3.8) is 0 Å². The number of fused-ring (bicyclic) bond motifs is 1. The van der Waals surface area contributed by atoms with Crippen LogP contribution in [0.5, 0.6) is 0 Å². The second-order valence-corrected chi connectivity index (χ2v) is 9.12. The Labute approximate surface area is 165 Å². The zero-order chi connectivity index (χ0) is 18.1. The fourth-order valence-corrected chi connectivity index (χ4v) is 5.66. The summed E-state index contributed by atoms with van der Waals surface area (Å²) >= 11 is 9.81. The first-order chi connectivity index (χ1) is 12.6. The van der Waals surface area contributed by atoms with Gasteiger partial charge in [-0.2, -0.15) is 16.9 Å². The summed E-state index contributed by atoms with van der Waals surface area (Å²) in [5, 5.41) is 10.7. The number of amidine groups is 1. The zero-order valence-electron chi connectivity index (χ0n) is 14.1. The number of nitrogens with zero attached hydrogens (tertiary/aromatic N) is 2. The average molecular weight is 407 g/mol. The number of amides is 1. The third-order valence-corrected chi connectivity index (χ3v) is 6.92. The lowest BCUT2D eigenvalue weighted by Gasteiger charge is -2.26. The molecule has 5 nitrogen and oxygen atoms in total. The number of thiophene rings is 1. The van der Waals surface area contributed by atoms with Crippen LogP contribution < -0.4 is 11.1 Å². The van der Waals surface area contributed by atoms with Crippen LogP contribution in [0.4, 0.5) is 0 Å². The van der Waals surface area contributed by atoms with Crippen molar-refractivity contribution in [3.05, 3.63) is 45.8 Å². The van der Waals surface area contributed by atoms with Crippen molar-refractivity contribution in [1.82, 2.24) is 10.3 Å². The van der Waals surface area contributed by atoms with Crippen LogP contribution in [-0.4, -0.2) is 40.8 Å². The van der Waals surface area contributed by atoms with E-state index in [1.54, 1.807) is 16.3 Å². The van der Waals surface area contributed by atoms with Gasteiger partial charge in [-0.3, -0.25) is 9.80 Å². The quantitative estimate of drug-likeness (QED) is 0.818. The monoisotopic (exact) mass is 406 g/mol. The third kappa shape index (κ3) is 3.84. The van der Waals surface area contributed by atoms with E-state index in [4.69, 9.17) is 17.3 Å². The molecule has 0 bridgehead atoms. The number of primary amides is 1. The first-order valence-corrected chi connectivity index (χ1v) is 10.8. The number of benzene rings is 1. The van der Waals surface area contributed by atoms with Gasteiger partial charge >= 0.3 is 0 Å². The van der Waals surface area contributed by atoms with E-state index in [0.717, 1.165) is 39.0 Å². The topological polar surface area (TPSA) is 70.7 Å². The Morgan fingerprint density at radius 2 is 2.31 bits per heavy atom. The molecule has 0 spiro atoms. The van der Waals surface area contributed by atoms with Crippen molar-refractivity contribution < 1.29 is 4.79 Å². The zero-order valence-corrected chi connectivity index (χ0v) is 16.5. The minimum atomic E-state index is -0.375. The molecule has 1 fully saturated rings. The lowest BCUT2D eigenvalue weighted by atomic mass is 10.1. The number of nitrogens with two attached hydrogens (primary N) is 1. The van der Waals surface area contributed by atoms with Gasteiger partial charge in [0, 0.05) is 32.1 Å². The molecule has 0 radical (unpaired) electrons. The largest absolute Gasteiger partial charge is 0.368 e. The summed E-state index contributed by atoms with van der Waals surface area (Å²) in [6, 6.07) is 10.4. The third-order valence-electron chi connectivity index (χ3n) is 4.35. The van der Waals surface area contributed by atoms with Crippen LogP contribution >= 0.6 is 34.7 Å². The minimum Gasteiger partial charge on any atom is -0.368 e. The molecule has 2 aliphatic heterocycles. The molecule has 2 aliphatic rings. The van der Waals surface area contributed by atoms with Crippen molar-refractivity contribution >= 4 is 46.4 Å². The van der Waals surface area contributed by atoms with Gasteiger partial charge in [0.25, 0.3) is 0 Å². The number of hydrazone groups is 1. The summed E-state index contributed by atoms with van der Waals surface area (Å²) in [5.41, 5.74) is 7.59. The van der Waals surface area contributed by atoms with Crippen molar-refractivity contribution in [1.29, 1.82) is 0 Å². The molecule has 0 saturated carbocycles. The summed E-state index contributed by atoms with van der Waals surface area (Å²) in [5.74, 6) is 2.71. The highest BCUT2D eigenvalue weighted by Crippen LogP contribution is 2.35. The molecule has 0 aliphatic carbocycles. The van der Waals surface area contributed by atoms with Gasteiger partial charge in [-0.1, -0.05) is 23.7 Å². The Balaban J connectivity index is 1.67. The molecule has 8 heteroatoms. The molecule has 1 aromatic carbocycles. The molecule has 1 atom stereocenters. The maximum Gasteiger partial charge on any atom is 0.238 e. The van der Waals surface area contributed by atoms with Crippen LogP contribution in [0.25, 0.3) is 10.4 Å². The Hall–Kier alpha value is -1.70. The number of rotatable bonds is 4. The average Bonchev–Trinajstić information content (AvgIpc) is 3.23. The van der Waals surface area contributed by atoms with Crippen LogP contribution in [0.1, 0.15) is 16.9 Å². The molecule has 4 rings (SSSR count). The molecule has 3 heterocycles. The lowest BCUT2D eigenvalue weighted by Crippen LogP contribution is -2.41. The van der Waals surface area contributed by atoms with Crippen LogP contribution in [0, 0.1) is 0 Å². The summed E-state index contributed by atoms with van der Waals surface area (Å²) < 4.78 is 0. The number of carbonyl (C=O) groups is 1. The summed E-state index contributed by atoms with van der Waals surface area (Å²) in [6.45, 7) is 0.711. The van der Waals surface area contributed by atoms with Crippen molar-refractivity contribution in [2.45, 2.75) is 19.0 Å². The molecular formula is C18H19ClN4OS2. The minimum absolute atomic E-state index is 0.119. The van der Waals surface area contributed by atoms with Gasteiger partial charge in [-0.15, -0.1) is 11.3 Å². The van der Waals surface area contributed by atoms with Crippen LogP contribution in [-0.2, 0) is 11.3 Å². The highest BCUT2D eigenvalue weighted by Gasteiger charge is 2.26. The van der Waals surface area contributed by atoms with Crippen molar-refractivity contribution in [2.24, 2.45) is 10.8 Å². The van der Waals surface area contributed by atoms with Crippen LogP contribution in [0.15, 0.2) is 35.4 Å². The smallest absolute Gasteiger partial charge is 0.238 e. The normalized spacial score (nSPS) is 19.2. The van der Waals surface area contributed by atoms with Gasteiger partial charge in [0.2, 0.25) is 5.91 Å². The molecule has 3 N–H and O–H groups in total. The molecule has 2 aromatic rings. The molecule has 1 saturated heterocycles. The standard InChI is InChI=1S/C18H19ClN4OS2/c19-12-3-1-2-11(6-12)15-7-14-16(26-15)8-23(9-17(20)24)22-18(14)21-13-4-5-25-10-13/h1-3,6-7,13H,4-5,8-10H2,(H2,20,24)(H,21,22). The molecule has 1 unspecified atom stereocenters. The van der Waals surface area contributed by atoms with E-state index in [1.165, 1.54) is 10.6 Å². The van der Waals surface area contributed by atoms with Gasteiger partial charge in [-0.25, -0.2) is 0 Å². The van der Waals surface area contributed by atoms with E-state index in [9.17, 15) is 4.79 Å². The second-order valence-electron chi connectivity index (χ2n) is 6.40. The van der Waals surface area contributed by atoms with Gasteiger partial charge in [0.05, 0.1) is 6.54 Å². The number of carbonyl (C=O) groups excluding carboxylic acids is 1. The van der Waals surface area contributed by atoms with E-state index in [-0.39, 0.29) is 12.5 Å². The molecule has 136 valence electrons. The maximum atomic E-state index is 11.4. The Morgan fingerprint density at radius 1 is 1.42 bits per heavy atom. The fraction of sp³-hybridized carbons (Fsp3) is 0.333. The van der Waals surface area contributed by atoms with E-state index in [2.05, 4.69) is 22.6 Å². The van der Waals surface area contributed by atoms with E-state index < -0.39 is 0 Å². The number of thioether (sulfide) groups is 1. The molecule has 1 amide bonds. The van der Waals surface area contributed by atoms with Crippen molar-refractivity contribution in [2.75, 3.05) is 18.1 Å². The number of hydrogen-bond acceptors (Lipinski definition) is 6. The van der Waals surface area contributed by atoms with E-state index >= 15 is 0 Å². The fourth-order valence-electron chi connectivity index (χ4n) is 3.15. The molecular weight excluding hydrogens is 388 g/mol.